The minimum absolute atomic E-state index is 0.104. The molecule has 0 aromatic heterocycles. The van der Waals surface area contributed by atoms with Gasteiger partial charge in [-0.15, -0.1) is 0 Å². The van der Waals surface area contributed by atoms with Gasteiger partial charge in [0.15, 0.2) is 11.5 Å². The molecule has 1 saturated heterocycles. The topological polar surface area (TPSA) is 77.1 Å². The Morgan fingerprint density at radius 3 is 2.52 bits per heavy atom. The van der Waals surface area contributed by atoms with Gasteiger partial charge in [0.25, 0.3) is 0 Å². The lowest BCUT2D eigenvalue weighted by atomic mass is 10.1. The molecule has 1 atom stereocenters. The van der Waals surface area contributed by atoms with E-state index in [0.29, 0.717) is 35.2 Å². The van der Waals surface area contributed by atoms with Crippen LogP contribution in [-0.2, 0) is 9.59 Å². The molecule has 0 bridgehead atoms. The van der Waals surface area contributed by atoms with Gasteiger partial charge in [-0.05, 0) is 24.3 Å². The maximum atomic E-state index is 12.6. The Labute approximate surface area is 157 Å². The van der Waals surface area contributed by atoms with E-state index in [4.69, 9.17) is 14.2 Å². The number of amides is 2. The predicted octanol–water partition coefficient (Wildman–Crippen LogP) is 2.70. The first kappa shape index (κ1) is 18.6. The number of rotatable bonds is 6. The van der Waals surface area contributed by atoms with Crippen LogP contribution < -0.4 is 24.4 Å². The van der Waals surface area contributed by atoms with Crippen molar-refractivity contribution in [3.8, 4) is 17.2 Å². The number of hydrogen-bond donors (Lipinski definition) is 1. The van der Waals surface area contributed by atoms with Crippen LogP contribution in [0.3, 0.4) is 0 Å². The Kier molecular flexibility index (Phi) is 5.49. The van der Waals surface area contributed by atoms with Crippen LogP contribution >= 0.6 is 0 Å². The lowest BCUT2D eigenvalue weighted by Gasteiger charge is -2.18. The second kappa shape index (κ2) is 7.99. The van der Waals surface area contributed by atoms with Gasteiger partial charge >= 0.3 is 0 Å². The molecule has 1 aliphatic rings. The van der Waals surface area contributed by atoms with Crippen LogP contribution in [0.15, 0.2) is 42.5 Å². The molecule has 1 N–H and O–H groups in total. The number of carbonyl (C=O) groups is 2. The normalized spacial score (nSPS) is 16.2. The Balaban J connectivity index is 1.72. The number of anilines is 2. The molecule has 1 unspecified atom stereocenters. The van der Waals surface area contributed by atoms with Crippen LogP contribution in [0, 0.1) is 5.92 Å². The maximum absolute atomic E-state index is 12.6. The number of hydrogen-bond acceptors (Lipinski definition) is 5. The van der Waals surface area contributed by atoms with Gasteiger partial charge in [-0.2, -0.15) is 0 Å². The molecule has 2 amide bonds. The van der Waals surface area contributed by atoms with Crippen molar-refractivity contribution in [2.24, 2.45) is 5.92 Å². The number of methoxy groups -OCH3 is 3. The van der Waals surface area contributed by atoms with Crippen LogP contribution in [0.4, 0.5) is 11.4 Å². The summed E-state index contributed by atoms with van der Waals surface area (Å²) in [5.74, 6) is 1.04. The maximum Gasteiger partial charge on any atom is 0.229 e. The Bertz CT molecular complexity index is 852. The summed E-state index contributed by atoms with van der Waals surface area (Å²) in [6.07, 6.45) is 0.157. The molecule has 3 rings (SSSR count). The zero-order valence-corrected chi connectivity index (χ0v) is 15.5. The monoisotopic (exact) mass is 370 g/mol. The highest BCUT2D eigenvalue weighted by Gasteiger charge is 2.35. The zero-order chi connectivity index (χ0) is 19.4. The minimum Gasteiger partial charge on any atom is -0.497 e. The van der Waals surface area contributed by atoms with Crippen molar-refractivity contribution in [2.45, 2.75) is 6.42 Å². The second-order valence-electron chi connectivity index (χ2n) is 6.17. The SMILES string of the molecule is COc1cccc(NC(=O)C2CC(=O)N(c3ccc(OC)c(OC)c3)C2)c1. The molecule has 1 fully saturated rings. The third kappa shape index (κ3) is 3.97. The third-order valence-electron chi connectivity index (χ3n) is 4.51. The molecule has 7 nitrogen and oxygen atoms in total. The number of nitrogens with one attached hydrogen (secondary N) is 1. The molecule has 1 heterocycles. The second-order valence-corrected chi connectivity index (χ2v) is 6.17. The zero-order valence-electron chi connectivity index (χ0n) is 15.5. The molecule has 1 aliphatic heterocycles. The number of carbonyl (C=O) groups excluding carboxylic acids is 2. The van der Waals surface area contributed by atoms with Gasteiger partial charge in [0.2, 0.25) is 11.8 Å². The average Bonchev–Trinajstić information content (AvgIpc) is 3.09. The Morgan fingerprint density at radius 1 is 1.04 bits per heavy atom. The van der Waals surface area contributed by atoms with Crippen molar-refractivity contribution in [2.75, 3.05) is 38.1 Å². The van der Waals surface area contributed by atoms with Crippen molar-refractivity contribution in [1.29, 1.82) is 0 Å². The van der Waals surface area contributed by atoms with Gasteiger partial charge in [0.05, 0.1) is 27.2 Å². The molecule has 7 heteroatoms. The lowest BCUT2D eigenvalue weighted by Crippen LogP contribution is -2.28. The van der Waals surface area contributed by atoms with Crippen LogP contribution in [-0.4, -0.2) is 39.7 Å². The standard InChI is InChI=1S/C20H22N2O5/c1-25-16-6-4-5-14(10-16)21-20(24)13-9-19(23)22(12-13)15-7-8-17(26-2)18(11-15)27-3/h4-8,10-11,13H,9,12H2,1-3H3,(H,21,24). The number of nitrogens with zero attached hydrogens (tertiary/aromatic N) is 1. The van der Waals surface area contributed by atoms with Crippen LogP contribution in [0.1, 0.15) is 6.42 Å². The molecular weight excluding hydrogens is 348 g/mol. The van der Waals surface area contributed by atoms with Crippen molar-refractivity contribution in [3.63, 3.8) is 0 Å². The van der Waals surface area contributed by atoms with Crippen molar-refractivity contribution < 1.29 is 23.8 Å². The molecule has 2 aromatic carbocycles. The van der Waals surface area contributed by atoms with Crippen LogP contribution in [0.2, 0.25) is 0 Å². The molecule has 0 spiro atoms. The van der Waals surface area contributed by atoms with Gasteiger partial charge in [0, 0.05) is 36.5 Å². The van der Waals surface area contributed by atoms with Crippen molar-refractivity contribution in [1.82, 2.24) is 0 Å². The molecule has 0 aliphatic carbocycles. The predicted molar refractivity (Wildman–Crippen MR) is 102 cm³/mol. The van der Waals surface area contributed by atoms with E-state index in [1.165, 1.54) is 7.11 Å². The van der Waals surface area contributed by atoms with E-state index in [0.717, 1.165) is 0 Å². The Hall–Kier alpha value is -3.22. The summed E-state index contributed by atoms with van der Waals surface area (Å²) in [5.41, 5.74) is 1.31. The van der Waals surface area contributed by atoms with Gasteiger partial charge in [-0.1, -0.05) is 6.07 Å². The fourth-order valence-corrected chi connectivity index (χ4v) is 3.07. The van der Waals surface area contributed by atoms with E-state index < -0.39 is 5.92 Å². The fraction of sp³-hybridized carbons (Fsp3) is 0.300. The summed E-state index contributed by atoms with van der Waals surface area (Å²) in [6, 6.07) is 12.4. The smallest absolute Gasteiger partial charge is 0.229 e. The van der Waals surface area contributed by atoms with E-state index in [1.807, 2.05) is 0 Å². The van der Waals surface area contributed by atoms with Gasteiger partial charge in [-0.3, -0.25) is 9.59 Å². The summed E-state index contributed by atoms with van der Waals surface area (Å²) in [6.45, 7) is 0.310. The molecular formula is C20H22N2O5. The van der Waals surface area contributed by atoms with Crippen molar-refractivity contribution in [3.05, 3.63) is 42.5 Å². The van der Waals surface area contributed by atoms with Gasteiger partial charge in [-0.25, -0.2) is 0 Å². The van der Waals surface area contributed by atoms with Gasteiger partial charge in [0.1, 0.15) is 5.75 Å². The average molecular weight is 370 g/mol. The summed E-state index contributed by atoms with van der Waals surface area (Å²) >= 11 is 0. The first-order valence-electron chi connectivity index (χ1n) is 8.53. The highest BCUT2D eigenvalue weighted by atomic mass is 16.5. The summed E-state index contributed by atoms with van der Waals surface area (Å²) < 4.78 is 15.7. The van der Waals surface area contributed by atoms with Gasteiger partial charge < -0.3 is 24.4 Å². The Morgan fingerprint density at radius 2 is 1.81 bits per heavy atom. The van der Waals surface area contributed by atoms with Crippen LogP contribution in [0.25, 0.3) is 0 Å². The summed E-state index contributed by atoms with van der Waals surface area (Å²) in [4.78, 5) is 26.6. The quantitative estimate of drug-likeness (QED) is 0.846. The molecule has 27 heavy (non-hydrogen) atoms. The van der Waals surface area contributed by atoms with E-state index >= 15 is 0 Å². The molecule has 0 radical (unpaired) electrons. The highest BCUT2D eigenvalue weighted by molar-refractivity contribution is 6.03. The lowest BCUT2D eigenvalue weighted by molar-refractivity contribution is -0.122. The molecule has 0 saturated carbocycles. The highest BCUT2D eigenvalue weighted by Crippen LogP contribution is 2.34. The number of ether oxygens (including phenoxy) is 3. The summed E-state index contributed by atoms with van der Waals surface area (Å²) in [5, 5.41) is 2.85. The van der Waals surface area contributed by atoms with Crippen molar-refractivity contribution >= 4 is 23.2 Å². The fourth-order valence-electron chi connectivity index (χ4n) is 3.07. The largest absolute Gasteiger partial charge is 0.497 e. The first-order valence-corrected chi connectivity index (χ1v) is 8.53. The van der Waals surface area contributed by atoms with E-state index in [-0.39, 0.29) is 18.2 Å². The van der Waals surface area contributed by atoms with E-state index in [9.17, 15) is 9.59 Å². The molecule has 142 valence electrons. The first-order chi connectivity index (χ1) is 13.0. The number of benzene rings is 2. The minimum atomic E-state index is -0.434. The third-order valence-corrected chi connectivity index (χ3v) is 4.51. The summed E-state index contributed by atoms with van der Waals surface area (Å²) in [7, 11) is 4.66. The van der Waals surface area contributed by atoms with Crippen LogP contribution in [0.5, 0.6) is 17.2 Å². The van der Waals surface area contributed by atoms with E-state index in [2.05, 4.69) is 5.32 Å². The molecule has 2 aromatic rings. The van der Waals surface area contributed by atoms with E-state index in [1.54, 1.807) is 61.6 Å².